The zero-order valence-electron chi connectivity index (χ0n) is 8.97. The van der Waals surface area contributed by atoms with Crippen molar-refractivity contribution in [2.24, 2.45) is 0 Å². The Morgan fingerprint density at radius 2 is 2.00 bits per heavy atom. The monoisotopic (exact) mass is 205 g/mol. The third kappa shape index (κ3) is 7.05. The summed E-state index contributed by atoms with van der Waals surface area (Å²) in [4.78, 5) is 2.09. The van der Waals surface area contributed by atoms with E-state index in [1.807, 2.05) is 0 Å². The van der Waals surface area contributed by atoms with Crippen LogP contribution >= 0.6 is 11.6 Å². The molecular formula is C10H20ClNO. The predicted molar refractivity (Wildman–Crippen MR) is 58.0 cm³/mol. The highest BCUT2D eigenvalue weighted by atomic mass is 35.5. The van der Waals surface area contributed by atoms with Crippen molar-refractivity contribution in [2.45, 2.75) is 39.3 Å². The number of nitrogens with zero attached hydrogens (tertiary/aromatic N) is 1. The van der Waals surface area contributed by atoms with E-state index in [1.165, 1.54) is 0 Å². The van der Waals surface area contributed by atoms with E-state index in [4.69, 9.17) is 11.6 Å². The molecule has 0 aliphatic carbocycles. The van der Waals surface area contributed by atoms with Crippen LogP contribution in [-0.2, 0) is 0 Å². The Morgan fingerprint density at radius 1 is 1.54 bits per heavy atom. The fraction of sp³-hybridized carbons (Fsp3) is 0.800. The Labute approximate surface area is 86.2 Å². The van der Waals surface area contributed by atoms with Gasteiger partial charge in [-0.25, -0.2) is 0 Å². The van der Waals surface area contributed by atoms with Crippen molar-refractivity contribution in [3.63, 3.8) is 0 Å². The molecule has 0 bridgehead atoms. The zero-order valence-corrected chi connectivity index (χ0v) is 9.73. The lowest BCUT2D eigenvalue weighted by Gasteiger charge is -2.31. The number of halogens is 1. The molecule has 78 valence electrons. The van der Waals surface area contributed by atoms with Crippen LogP contribution in [0.15, 0.2) is 11.6 Å². The molecule has 0 fully saturated rings. The van der Waals surface area contributed by atoms with Gasteiger partial charge in [-0.05, 0) is 27.7 Å². The van der Waals surface area contributed by atoms with Crippen molar-refractivity contribution in [1.82, 2.24) is 4.90 Å². The van der Waals surface area contributed by atoms with Gasteiger partial charge in [0, 0.05) is 24.2 Å². The molecule has 0 radical (unpaired) electrons. The summed E-state index contributed by atoms with van der Waals surface area (Å²) in [6, 6.07) is 0.363. The highest BCUT2D eigenvalue weighted by Gasteiger charge is 2.20. The maximum absolute atomic E-state index is 9.64. The molecule has 0 unspecified atom stereocenters. The van der Waals surface area contributed by atoms with Crippen LogP contribution in [0.2, 0.25) is 0 Å². The maximum Gasteiger partial charge on any atom is 0.0718 e. The van der Waals surface area contributed by atoms with Gasteiger partial charge in [0.2, 0.25) is 0 Å². The van der Waals surface area contributed by atoms with E-state index in [2.05, 4.69) is 25.3 Å². The second-order valence-electron chi connectivity index (χ2n) is 4.33. The molecule has 0 atom stereocenters. The summed E-state index contributed by atoms with van der Waals surface area (Å²) < 4.78 is 0. The summed E-state index contributed by atoms with van der Waals surface area (Å²) in [5, 5.41) is 10.2. The molecule has 0 heterocycles. The van der Waals surface area contributed by atoms with Gasteiger partial charge in [-0.15, -0.1) is 0 Å². The van der Waals surface area contributed by atoms with Gasteiger partial charge in [0.15, 0.2) is 0 Å². The van der Waals surface area contributed by atoms with Gasteiger partial charge in [0.1, 0.15) is 0 Å². The molecule has 0 saturated heterocycles. The molecule has 0 aromatic carbocycles. The van der Waals surface area contributed by atoms with Gasteiger partial charge < -0.3 is 5.11 Å². The molecule has 2 nitrogen and oxygen atoms in total. The third-order valence-corrected chi connectivity index (χ3v) is 1.81. The molecule has 0 spiro atoms. The normalized spacial score (nSPS) is 12.6. The van der Waals surface area contributed by atoms with Crippen molar-refractivity contribution in [3.05, 3.63) is 11.6 Å². The Morgan fingerprint density at radius 3 is 2.23 bits per heavy atom. The Hall–Kier alpha value is -0.0500. The molecule has 0 aromatic rings. The van der Waals surface area contributed by atoms with Crippen molar-refractivity contribution >= 4 is 11.6 Å². The molecule has 0 aliphatic heterocycles. The fourth-order valence-corrected chi connectivity index (χ4v) is 1.29. The predicted octanol–water partition coefficient (Wildman–Crippen LogP) is 2.22. The second-order valence-corrected chi connectivity index (χ2v) is 4.86. The van der Waals surface area contributed by atoms with Crippen LogP contribution < -0.4 is 0 Å². The van der Waals surface area contributed by atoms with Crippen molar-refractivity contribution in [1.29, 1.82) is 0 Å². The molecule has 0 aliphatic rings. The average Bonchev–Trinajstić information content (AvgIpc) is 1.81. The summed E-state index contributed by atoms with van der Waals surface area (Å²) in [6.45, 7) is 12.6. The van der Waals surface area contributed by atoms with Gasteiger partial charge in [-0.1, -0.05) is 18.2 Å². The van der Waals surface area contributed by atoms with E-state index < -0.39 is 5.60 Å². The quantitative estimate of drug-likeness (QED) is 0.744. The summed E-state index contributed by atoms with van der Waals surface area (Å²) in [5.41, 5.74) is -0.684. The Balaban J connectivity index is 4.19. The van der Waals surface area contributed by atoms with Crippen LogP contribution in [0.25, 0.3) is 0 Å². The first kappa shape index (κ1) is 12.9. The topological polar surface area (TPSA) is 23.5 Å². The van der Waals surface area contributed by atoms with Gasteiger partial charge in [0.25, 0.3) is 0 Å². The Kier molecular flexibility index (Phi) is 4.97. The highest BCUT2D eigenvalue weighted by Crippen LogP contribution is 2.11. The summed E-state index contributed by atoms with van der Waals surface area (Å²) >= 11 is 5.73. The fourth-order valence-electron chi connectivity index (χ4n) is 1.14. The lowest BCUT2D eigenvalue weighted by molar-refractivity contribution is 0.0299. The standard InChI is InChI=1S/C10H20ClNO/c1-8(2)12(6-9(3)11)7-10(4,5)13/h8,13H,3,6-7H2,1-2,4-5H3. The number of hydrogen-bond acceptors (Lipinski definition) is 2. The van der Waals surface area contributed by atoms with Crippen molar-refractivity contribution in [2.75, 3.05) is 13.1 Å². The molecule has 0 aromatic heterocycles. The molecule has 13 heavy (non-hydrogen) atoms. The lowest BCUT2D eigenvalue weighted by Crippen LogP contribution is -2.42. The first-order chi connectivity index (χ1) is 5.72. The average molecular weight is 206 g/mol. The van der Waals surface area contributed by atoms with Crippen LogP contribution in [0.4, 0.5) is 0 Å². The second kappa shape index (κ2) is 4.99. The van der Waals surface area contributed by atoms with Crippen LogP contribution in [0.1, 0.15) is 27.7 Å². The smallest absolute Gasteiger partial charge is 0.0718 e. The van der Waals surface area contributed by atoms with E-state index in [9.17, 15) is 5.11 Å². The summed E-state index contributed by atoms with van der Waals surface area (Å²) in [5.74, 6) is 0. The minimum Gasteiger partial charge on any atom is -0.389 e. The molecular weight excluding hydrogens is 186 g/mol. The van der Waals surface area contributed by atoms with E-state index in [-0.39, 0.29) is 0 Å². The SMILES string of the molecule is C=C(Cl)CN(CC(C)(C)O)C(C)C. The van der Waals surface area contributed by atoms with E-state index in [0.717, 1.165) is 0 Å². The number of hydrogen-bond donors (Lipinski definition) is 1. The van der Waals surface area contributed by atoms with Gasteiger partial charge in [-0.3, -0.25) is 4.90 Å². The molecule has 3 heteroatoms. The van der Waals surface area contributed by atoms with Crippen molar-refractivity contribution < 1.29 is 5.11 Å². The van der Waals surface area contributed by atoms with Gasteiger partial charge >= 0.3 is 0 Å². The van der Waals surface area contributed by atoms with Gasteiger partial charge in [0.05, 0.1) is 5.60 Å². The molecule has 1 N–H and O–H groups in total. The van der Waals surface area contributed by atoms with Crippen molar-refractivity contribution in [3.8, 4) is 0 Å². The van der Waals surface area contributed by atoms with Crippen LogP contribution in [-0.4, -0.2) is 34.7 Å². The van der Waals surface area contributed by atoms with Crippen LogP contribution in [0.5, 0.6) is 0 Å². The molecule has 0 saturated carbocycles. The summed E-state index contributed by atoms with van der Waals surface area (Å²) in [7, 11) is 0. The minimum absolute atomic E-state index is 0.363. The lowest BCUT2D eigenvalue weighted by atomic mass is 10.1. The molecule has 0 amide bonds. The number of rotatable bonds is 5. The Bertz CT molecular complexity index is 172. The van der Waals surface area contributed by atoms with Gasteiger partial charge in [-0.2, -0.15) is 0 Å². The first-order valence-electron chi connectivity index (χ1n) is 4.52. The maximum atomic E-state index is 9.64. The summed E-state index contributed by atoms with van der Waals surface area (Å²) in [6.07, 6.45) is 0. The number of aliphatic hydroxyl groups is 1. The van der Waals surface area contributed by atoms with E-state index >= 15 is 0 Å². The van der Waals surface area contributed by atoms with E-state index in [1.54, 1.807) is 13.8 Å². The minimum atomic E-state index is -0.684. The molecule has 0 rings (SSSR count). The first-order valence-corrected chi connectivity index (χ1v) is 4.90. The van der Waals surface area contributed by atoms with Crippen LogP contribution in [0, 0.1) is 0 Å². The zero-order chi connectivity index (χ0) is 10.6. The van der Waals surface area contributed by atoms with Crippen LogP contribution in [0.3, 0.4) is 0 Å². The van der Waals surface area contributed by atoms with E-state index in [0.29, 0.717) is 24.2 Å². The highest BCUT2D eigenvalue weighted by molar-refractivity contribution is 6.29. The third-order valence-electron chi connectivity index (χ3n) is 1.69. The largest absolute Gasteiger partial charge is 0.389 e.